The van der Waals surface area contributed by atoms with Crippen LogP contribution in [0.2, 0.25) is 0 Å². The van der Waals surface area contributed by atoms with Gasteiger partial charge in [-0.3, -0.25) is 4.79 Å². The van der Waals surface area contributed by atoms with Crippen LogP contribution in [0.1, 0.15) is 13.3 Å². The van der Waals surface area contributed by atoms with Crippen LogP contribution in [0.3, 0.4) is 0 Å². The summed E-state index contributed by atoms with van der Waals surface area (Å²) in [6, 6.07) is 5.86. The van der Waals surface area contributed by atoms with E-state index in [2.05, 4.69) is 10.0 Å². The maximum absolute atomic E-state index is 12.6. The minimum Gasteiger partial charge on any atom is -0.494 e. The smallest absolute Gasteiger partial charge is 0.240 e. The summed E-state index contributed by atoms with van der Waals surface area (Å²) >= 11 is 0. The number of hydrogen-bond donors (Lipinski definition) is 2. The Morgan fingerprint density at radius 3 is 2.54 bits per heavy atom. The van der Waals surface area contributed by atoms with Crippen LogP contribution in [0.4, 0.5) is 0 Å². The van der Waals surface area contributed by atoms with Gasteiger partial charge in [0.15, 0.2) is 0 Å². The van der Waals surface area contributed by atoms with Gasteiger partial charge in [0.25, 0.3) is 0 Å². The van der Waals surface area contributed by atoms with E-state index >= 15 is 0 Å². The molecule has 1 heterocycles. The third kappa shape index (κ3) is 4.46. The topological polar surface area (TPSA) is 87.7 Å². The Morgan fingerprint density at radius 1 is 1.29 bits per heavy atom. The molecule has 0 unspecified atom stereocenters. The summed E-state index contributed by atoms with van der Waals surface area (Å²) in [5.74, 6) is 0.0805. The lowest BCUT2D eigenvalue weighted by Crippen LogP contribution is -2.45. The van der Waals surface area contributed by atoms with E-state index in [4.69, 9.17) is 4.74 Å². The number of nitrogens with one attached hydrogen (secondary N) is 2. The summed E-state index contributed by atoms with van der Waals surface area (Å²) in [7, 11) is -0.269. The molecular formula is C16H25N3O4S. The first-order chi connectivity index (χ1) is 11.4. The third-order valence-corrected chi connectivity index (χ3v) is 5.50. The molecule has 1 aliphatic rings. The zero-order valence-corrected chi connectivity index (χ0v) is 15.1. The number of amides is 1. The second kappa shape index (κ2) is 7.96. The SMILES string of the molecule is CCCOc1ccc(S(=O)(=O)N[C@H]2CN(C)C[C@@H]2C(=O)NC)cc1. The largest absolute Gasteiger partial charge is 0.494 e. The molecule has 1 fully saturated rings. The molecule has 2 atom stereocenters. The van der Waals surface area contributed by atoms with Crippen LogP contribution in [0.25, 0.3) is 0 Å². The van der Waals surface area contributed by atoms with Gasteiger partial charge < -0.3 is 15.0 Å². The van der Waals surface area contributed by atoms with Gasteiger partial charge in [0.05, 0.1) is 17.4 Å². The number of benzene rings is 1. The quantitative estimate of drug-likeness (QED) is 0.741. The van der Waals surface area contributed by atoms with Crippen molar-refractivity contribution in [2.75, 3.05) is 33.8 Å². The molecule has 0 bridgehead atoms. The van der Waals surface area contributed by atoms with Crippen LogP contribution < -0.4 is 14.8 Å². The molecule has 8 heteroatoms. The van der Waals surface area contributed by atoms with E-state index in [1.807, 2.05) is 18.9 Å². The molecule has 0 saturated carbocycles. The standard InChI is InChI=1S/C16H25N3O4S/c1-4-9-23-12-5-7-13(8-6-12)24(21,22)18-15-11-19(3)10-14(15)16(20)17-2/h5-8,14-15,18H,4,9-11H2,1-3H3,(H,17,20)/t14-,15-/m0/s1. The van der Waals surface area contributed by atoms with Crippen molar-refractivity contribution in [1.82, 2.24) is 14.9 Å². The number of likely N-dealkylation sites (tertiary alicyclic amines) is 1. The van der Waals surface area contributed by atoms with Crippen LogP contribution in [-0.4, -0.2) is 59.1 Å². The molecule has 0 spiro atoms. The third-order valence-electron chi connectivity index (χ3n) is 4.00. The number of nitrogens with zero attached hydrogens (tertiary/aromatic N) is 1. The van der Waals surface area contributed by atoms with Crippen molar-refractivity contribution >= 4 is 15.9 Å². The van der Waals surface area contributed by atoms with E-state index in [1.165, 1.54) is 12.1 Å². The molecule has 0 radical (unpaired) electrons. The van der Waals surface area contributed by atoms with Gasteiger partial charge in [-0.2, -0.15) is 0 Å². The normalized spacial score (nSPS) is 21.6. The molecule has 1 aromatic carbocycles. The van der Waals surface area contributed by atoms with Gasteiger partial charge in [-0.25, -0.2) is 13.1 Å². The van der Waals surface area contributed by atoms with Gasteiger partial charge in [-0.05, 0) is 37.7 Å². The van der Waals surface area contributed by atoms with E-state index in [9.17, 15) is 13.2 Å². The minimum absolute atomic E-state index is 0.157. The van der Waals surface area contributed by atoms with Crippen molar-refractivity contribution in [1.29, 1.82) is 0 Å². The van der Waals surface area contributed by atoms with E-state index in [0.717, 1.165) is 6.42 Å². The maximum atomic E-state index is 12.6. The highest BCUT2D eigenvalue weighted by Crippen LogP contribution is 2.20. The second-order valence-corrected chi connectivity index (χ2v) is 7.70. The predicted molar refractivity (Wildman–Crippen MR) is 91.4 cm³/mol. The molecule has 7 nitrogen and oxygen atoms in total. The van der Waals surface area contributed by atoms with Gasteiger partial charge >= 0.3 is 0 Å². The Kier molecular flexibility index (Phi) is 6.20. The van der Waals surface area contributed by atoms with E-state index in [0.29, 0.717) is 25.4 Å². The fourth-order valence-electron chi connectivity index (χ4n) is 2.77. The van der Waals surface area contributed by atoms with Crippen molar-refractivity contribution in [2.45, 2.75) is 24.3 Å². The van der Waals surface area contributed by atoms with Crippen molar-refractivity contribution in [2.24, 2.45) is 5.92 Å². The molecule has 1 saturated heterocycles. The molecule has 1 aliphatic heterocycles. The highest BCUT2D eigenvalue weighted by Gasteiger charge is 2.38. The van der Waals surface area contributed by atoms with Crippen LogP contribution in [0.15, 0.2) is 29.2 Å². The minimum atomic E-state index is -3.69. The summed E-state index contributed by atoms with van der Waals surface area (Å²) in [6.45, 7) is 3.61. The first-order valence-electron chi connectivity index (χ1n) is 8.02. The number of carbonyl (C=O) groups is 1. The number of likely N-dealkylation sites (N-methyl/N-ethyl adjacent to an activating group) is 1. The lowest BCUT2D eigenvalue weighted by Gasteiger charge is -2.18. The van der Waals surface area contributed by atoms with E-state index in [-0.39, 0.29) is 10.8 Å². The second-order valence-electron chi connectivity index (χ2n) is 5.99. The first-order valence-corrected chi connectivity index (χ1v) is 9.51. The zero-order chi connectivity index (χ0) is 17.7. The average molecular weight is 355 g/mol. The molecule has 134 valence electrons. The number of ether oxygens (including phenoxy) is 1. The fourth-order valence-corrected chi connectivity index (χ4v) is 4.04. The van der Waals surface area contributed by atoms with Gasteiger partial charge in [0.2, 0.25) is 15.9 Å². The van der Waals surface area contributed by atoms with E-state index in [1.54, 1.807) is 19.2 Å². The summed E-state index contributed by atoms with van der Waals surface area (Å²) in [5.41, 5.74) is 0. The monoisotopic (exact) mass is 355 g/mol. The molecule has 1 amide bonds. The summed E-state index contributed by atoms with van der Waals surface area (Å²) < 4.78 is 33.3. The van der Waals surface area contributed by atoms with Crippen molar-refractivity contribution < 1.29 is 17.9 Å². The summed E-state index contributed by atoms with van der Waals surface area (Å²) in [6.07, 6.45) is 0.887. The van der Waals surface area contributed by atoms with Gasteiger partial charge in [-0.1, -0.05) is 6.92 Å². The first kappa shape index (κ1) is 18.7. The Labute approximate surface area is 143 Å². The molecule has 2 rings (SSSR count). The van der Waals surface area contributed by atoms with Crippen LogP contribution in [0, 0.1) is 5.92 Å². The van der Waals surface area contributed by atoms with Crippen LogP contribution in [-0.2, 0) is 14.8 Å². The Hall–Kier alpha value is -1.64. The zero-order valence-electron chi connectivity index (χ0n) is 14.3. The highest BCUT2D eigenvalue weighted by atomic mass is 32.2. The highest BCUT2D eigenvalue weighted by molar-refractivity contribution is 7.89. The van der Waals surface area contributed by atoms with Crippen LogP contribution >= 0.6 is 0 Å². The summed E-state index contributed by atoms with van der Waals surface area (Å²) in [5, 5.41) is 2.59. The molecule has 0 aromatic heterocycles. The molecule has 0 aliphatic carbocycles. The summed E-state index contributed by atoms with van der Waals surface area (Å²) in [4.78, 5) is 14.1. The number of rotatable bonds is 7. The van der Waals surface area contributed by atoms with Crippen molar-refractivity contribution in [3.63, 3.8) is 0 Å². The molecular weight excluding hydrogens is 330 g/mol. The molecule has 24 heavy (non-hydrogen) atoms. The Morgan fingerprint density at radius 2 is 1.96 bits per heavy atom. The number of carbonyl (C=O) groups excluding carboxylic acids is 1. The van der Waals surface area contributed by atoms with Gasteiger partial charge in [-0.15, -0.1) is 0 Å². The van der Waals surface area contributed by atoms with Gasteiger partial charge in [0.1, 0.15) is 5.75 Å². The lowest BCUT2D eigenvalue weighted by atomic mass is 10.0. The fraction of sp³-hybridized carbons (Fsp3) is 0.562. The molecule has 2 N–H and O–H groups in total. The maximum Gasteiger partial charge on any atom is 0.240 e. The van der Waals surface area contributed by atoms with Gasteiger partial charge in [0, 0.05) is 26.2 Å². The van der Waals surface area contributed by atoms with Crippen molar-refractivity contribution in [3.05, 3.63) is 24.3 Å². The average Bonchev–Trinajstić information content (AvgIpc) is 2.92. The van der Waals surface area contributed by atoms with E-state index < -0.39 is 22.0 Å². The predicted octanol–water partition coefficient (Wildman–Crippen LogP) is 0.430. The van der Waals surface area contributed by atoms with Crippen molar-refractivity contribution in [3.8, 4) is 5.75 Å². The number of sulfonamides is 1. The Bertz CT molecular complexity index is 660. The lowest BCUT2D eigenvalue weighted by molar-refractivity contribution is -0.124. The molecule has 1 aromatic rings. The van der Waals surface area contributed by atoms with Crippen LogP contribution in [0.5, 0.6) is 5.75 Å². The number of hydrogen-bond acceptors (Lipinski definition) is 5. The Balaban J connectivity index is 2.11.